The molecule has 1 aromatic rings. The summed E-state index contributed by atoms with van der Waals surface area (Å²) in [5.74, 6) is -0.113. The van der Waals surface area contributed by atoms with Crippen LogP contribution in [0.5, 0.6) is 0 Å². The van der Waals surface area contributed by atoms with Crippen molar-refractivity contribution in [3.8, 4) is 0 Å². The Hall–Kier alpha value is -0.870. The Morgan fingerprint density at radius 1 is 1.61 bits per heavy atom. The fourth-order valence-electron chi connectivity index (χ4n) is 2.11. The number of thiophene rings is 1. The first-order chi connectivity index (χ1) is 8.70. The topological polar surface area (TPSA) is 29.5 Å². The van der Waals surface area contributed by atoms with Crippen LogP contribution in [0.4, 0.5) is 0 Å². The highest BCUT2D eigenvalue weighted by Crippen LogP contribution is 2.29. The highest BCUT2D eigenvalue weighted by atomic mass is 32.1. The van der Waals surface area contributed by atoms with E-state index in [0.29, 0.717) is 12.6 Å². The molecule has 1 unspecified atom stereocenters. The SMILES string of the molecule is CCOC(=O)C(C)CN(Cc1ccsc1)C1CC1. The van der Waals surface area contributed by atoms with Crippen molar-refractivity contribution in [2.45, 2.75) is 39.3 Å². The molecule has 0 saturated heterocycles. The summed E-state index contributed by atoms with van der Waals surface area (Å²) in [6.45, 7) is 6.05. The zero-order valence-corrected chi connectivity index (χ0v) is 11.9. The Morgan fingerprint density at radius 3 is 2.94 bits per heavy atom. The van der Waals surface area contributed by atoms with Crippen LogP contribution in [0.25, 0.3) is 0 Å². The average Bonchev–Trinajstić information content (AvgIpc) is 3.07. The summed E-state index contributed by atoms with van der Waals surface area (Å²) in [6.07, 6.45) is 2.53. The number of hydrogen-bond donors (Lipinski definition) is 0. The normalized spacial score (nSPS) is 16.8. The Labute approximate surface area is 113 Å². The summed E-state index contributed by atoms with van der Waals surface area (Å²) >= 11 is 1.73. The summed E-state index contributed by atoms with van der Waals surface area (Å²) in [7, 11) is 0. The van der Waals surface area contributed by atoms with E-state index in [9.17, 15) is 4.79 Å². The highest BCUT2D eigenvalue weighted by Gasteiger charge is 2.31. The van der Waals surface area contributed by atoms with Crippen LogP contribution in [0.15, 0.2) is 16.8 Å². The number of carbonyl (C=O) groups excluding carboxylic acids is 1. The first-order valence-electron chi connectivity index (χ1n) is 6.62. The molecule has 0 amide bonds. The molecule has 1 saturated carbocycles. The summed E-state index contributed by atoms with van der Waals surface area (Å²) in [5.41, 5.74) is 1.35. The average molecular weight is 267 g/mol. The predicted octanol–water partition coefficient (Wildman–Crippen LogP) is 2.91. The highest BCUT2D eigenvalue weighted by molar-refractivity contribution is 7.07. The van der Waals surface area contributed by atoms with Gasteiger partial charge in [0.1, 0.15) is 0 Å². The van der Waals surface area contributed by atoms with Crippen LogP contribution in [-0.2, 0) is 16.1 Å². The molecule has 2 rings (SSSR count). The fraction of sp³-hybridized carbons (Fsp3) is 0.643. The van der Waals surface area contributed by atoms with Gasteiger partial charge in [0.2, 0.25) is 0 Å². The second kappa shape index (κ2) is 6.34. The first kappa shape index (κ1) is 13.6. The number of nitrogens with zero attached hydrogens (tertiary/aromatic N) is 1. The molecule has 1 aliphatic carbocycles. The standard InChI is InChI=1S/C14H21NO2S/c1-3-17-14(16)11(2)8-15(13-4-5-13)9-12-6-7-18-10-12/h6-7,10-11,13H,3-5,8-9H2,1-2H3. The second-order valence-corrected chi connectivity index (χ2v) is 5.73. The molecule has 1 heterocycles. The maximum atomic E-state index is 11.7. The minimum Gasteiger partial charge on any atom is -0.466 e. The van der Waals surface area contributed by atoms with Crippen molar-refractivity contribution in [3.05, 3.63) is 22.4 Å². The van der Waals surface area contributed by atoms with E-state index in [1.54, 1.807) is 11.3 Å². The molecule has 18 heavy (non-hydrogen) atoms. The van der Waals surface area contributed by atoms with Gasteiger partial charge in [0.15, 0.2) is 0 Å². The van der Waals surface area contributed by atoms with Crippen molar-refractivity contribution in [2.24, 2.45) is 5.92 Å². The number of carbonyl (C=O) groups is 1. The van der Waals surface area contributed by atoms with Crippen LogP contribution in [0.2, 0.25) is 0 Å². The molecule has 0 bridgehead atoms. The molecule has 0 spiro atoms. The molecule has 0 N–H and O–H groups in total. The zero-order chi connectivity index (χ0) is 13.0. The van der Waals surface area contributed by atoms with Gasteiger partial charge >= 0.3 is 5.97 Å². The van der Waals surface area contributed by atoms with E-state index in [0.717, 1.165) is 13.1 Å². The van der Waals surface area contributed by atoms with Crippen molar-refractivity contribution in [2.75, 3.05) is 13.2 Å². The van der Waals surface area contributed by atoms with Crippen LogP contribution in [0, 0.1) is 5.92 Å². The van der Waals surface area contributed by atoms with Crippen LogP contribution in [0.3, 0.4) is 0 Å². The summed E-state index contributed by atoms with van der Waals surface area (Å²) < 4.78 is 5.08. The van der Waals surface area contributed by atoms with Crippen LogP contribution in [-0.4, -0.2) is 30.1 Å². The number of ether oxygens (including phenoxy) is 1. The monoisotopic (exact) mass is 267 g/mol. The molecule has 3 nitrogen and oxygen atoms in total. The Bertz CT molecular complexity index is 373. The molecular formula is C14H21NO2S. The van der Waals surface area contributed by atoms with E-state index < -0.39 is 0 Å². The minimum absolute atomic E-state index is 0.0378. The van der Waals surface area contributed by atoms with Gasteiger partial charge < -0.3 is 4.74 Å². The van der Waals surface area contributed by atoms with Gasteiger partial charge in [-0.25, -0.2) is 0 Å². The smallest absolute Gasteiger partial charge is 0.309 e. The molecule has 1 atom stereocenters. The van der Waals surface area contributed by atoms with Gasteiger partial charge in [-0.3, -0.25) is 9.69 Å². The zero-order valence-electron chi connectivity index (χ0n) is 11.1. The summed E-state index contributed by atoms with van der Waals surface area (Å²) in [6, 6.07) is 2.83. The first-order valence-corrected chi connectivity index (χ1v) is 7.56. The number of rotatable bonds is 7. The largest absolute Gasteiger partial charge is 0.466 e. The van der Waals surface area contributed by atoms with Crippen LogP contribution in [0.1, 0.15) is 32.3 Å². The molecule has 0 aliphatic heterocycles. The lowest BCUT2D eigenvalue weighted by molar-refractivity contribution is -0.148. The van der Waals surface area contributed by atoms with Gasteiger partial charge in [-0.15, -0.1) is 0 Å². The third-order valence-electron chi connectivity index (χ3n) is 3.23. The van der Waals surface area contributed by atoms with Gasteiger partial charge in [0, 0.05) is 19.1 Å². The molecule has 1 aliphatic rings. The fourth-order valence-corrected chi connectivity index (χ4v) is 2.77. The third-order valence-corrected chi connectivity index (χ3v) is 3.96. The molecule has 4 heteroatoms. The Balaban J connectivity index is 1.88. The van der Waals surface area contributed by atoms with Crippen molar-refractivity contribution >= 4 is 17.3 Å². The van der Waals surface area contributed by atoms with Crippen molar-refractivity contribution in [1.29, 1.82) is 0 Å². The van der Waals surface area contributed by atoms with Crippen LogP contribution < -0.4 is 0 Å². The van der Waals surface area contributed by atoms with E-state index >= 15 is 0 Å². The quantitative estimate of drug-likeness (QED) is 0.711. The van der Waals surface area contributed by atoms with Crippen molar-refractivity contribution < 1.29 is 9.53 Å². The molecular weight excluding hydrogens is 246 g/mol. The Morgan fingerprint density at radius 2 is 2.39 bits per heavy atom. The van der Waals surface area contributed by atoms with Crippen molar-refractivity contribution in [3.63, 3.8) is 0 Å². The summed E-state index contributed by atoms with van der Waals surface area (Å²) in [4.78, 5) is 14.1. The summed E-state index contributed by atoms with van der Waals surface area (Å²) in [5, 5.41) is 4.29. The lowest BCUT2D eigenvalue weighted by Gasteiger charge is -2.24. The lowest BCUT2D eigenvalue weighted by atomic mass is 10.1. The molecule has 0 radical (unpaired) electrons. The van der Waals surface area contributed by atoms with Crippen LogP contribution >= 0.6 is 11.3 Å². The van der Waals surface area contributed by atoms with E-state index in [2.05, 4.69) is 21.7 Å². The minimum atomic E-state index is -0.0755. The van der Waals surface area contributed by atoms with Crippen molar-refractivity contribution in [1.82, 2.24) is 4.90 Å². The third kappa shape index (κ3) is 3.82. The maximum Gasteiger partial charge on any atom is 0.309 e. The van der Waals surface area contributed by atoms with E-state index in [1.165, 1.54) is 18.4 Å². The molecule has 100 valence electrons. The van der Waals surface area contributed by atoms with Gasteiger partial charge in [-0.2, -0.15) is 11.3 Å². The predicted molar refractivity (Wildman–Crippen MR) is 73.5 cm³/mol. The number of hydrogen-bond acceptors (Lipinski definition) is 4. The second-order valence-electron chi connectivity index (χ2n) is 4.95. The molecule has 1 fully saturated rings. The molecule has 0 aromatic carbocycles. The van der Waals surface area contributed by atoms with E-state index in [1.807, 2.05) is 13.8 Å². The lowest BCUT2D eigenvalue weighted by Crippen LogP contribution is -2.33. The van der Waals surface area contributed by atoms with Gasteiger partial charge in [-0.1, -0.05) is 6.92 Å². The van der Waals surface area contributed by atoms with Gasteiger partial charge in [0.25, 0.3) is 0 Å². The molecule has 1 aromatic heterocycles. The number of esters is 1. The van der Waals surface area contributed by atoms with Gasteiger partial charge in [-0.05, 0) is 42.2 Å². The maximum absolute atomic E-state index is 11.7. The van der Waals surface area contributed by atoms with E-state index in [4.69, 9.17) is 4.74 Å². The Kier molecular flexibility index (Phi) is 4.78. The van der Waals surface area contributed by atoms with Gasteiger partial charge in [0.05, 0.1) is 12.5 Å². The van der Waals surface area contributed by atoms with E-state index in [-0.39, 0.29) is 11.9 Å².